The van der Waals surface area contributed by atoms with Gasteiger partial charge in [-0.05, 0) is 13.8 Å². The van der Waals surface area contributed by atoms with Gasteiger partial charge in [-0.15, -0.1) is 12.6 Å². The number of thiol groups is 1. The third-order valence-corrected chi connectivity index (χ3v) is 2.51. The van der Waals surface area contributed by atoms with Gasteiger partial charge in [-0.25, -0.2) is 0 Å². The van der Waals surface area contributed by atoms with E-state index in [1.807, 2.05) is 0 Å². The summed E-state index contributed by atoms with van der Waals surface area (Å²) in [5, 5.41) is 0. The summed E-state index contributed by atoms with van der Waals surface area (Å²) in [6.45, 7) is 4.16. The Balaban J connectivity index is 2.55. The molecule has 11 heavy (non-hydrogen) atoms. The fraction of sp³-hybridized carbons (Fsp3) is 1.00. The fourth-order valence-electron chi connectivity index (χ4n) is 1.59. The monoisotopic (exact) mass is 176 g/mol. The first-order valence-electron chi connectivity index (χ1n) is 3.94. The molecule has 1 aliphatic rings. The summed E-state index contributed by atoms with van der Waals surface area (Å²) in [5.41, 5.74) is -0.00641. The van der Waals surface area contributed by atoms with Crippen molar-refractivity contribution in [3.05, 3.63) is 0 Å². The van der Waals surface area contributed by atoms with E-state index in [-0.39, 0.29) is 17.1 Å². The first-order valence-corrected chi connectivity index (χ1v) is 4.46. The molecule has 0 aliphatic carbocycles. The Morgan fingerprint density at radius 1 is 1.55 bits per heavy atom. The number of hydrogen-bond acceptors (Lipinski definition) is 3. The van der Waals surface area contributed by atoms with E-state index < -0.39 is 0 Å². The fourth-order valence-corrected chi connectivity index (χ4v) is 2.19. The average Bonchev–Trinajstić information content (AvgIpc) is 1.84. The molecule has 0 N–H and O–H groups in total. The summed E-state index contributed by atoms with van der Waals surface area (Å²) in [6.07, 6.45) is 2.09. The largest absolute Gasteiger partial charge is 0.378 e. The SMILES string of the molecule is CO[C@]1(C)CC(S)O[C@@H](C)C1. The summed E-state index contributed by atoms with van der Waals surface area (Å²) in [7, 11) is 1.75. The predicted molar refractivity (Wildman–Crippen MR) is 48.0 cm³/mol. The Kier molecular flexibility index (Phi) is 2.84. The first-order chi connectivity index (χ1) is 5.06. The van der Waals surface area contributed by atoms with Crippen molar-refractivity contribution in [2.24, 2.45) is 0 Å². The van der Waals surface area contributed by atoms with Gasteiger partial charge in [0.25, 0.3) is 0 Å². The maximum absolute atomic E-state index is 5.47. The van der Waals surface area contributed by atoms with Crippen LogP contribution in [0.25, 0.3) is 0 Å². The van der Waals surface area contributed by atoms with Gasteiger partial charge in [-0.2, -0.15) is 0 Å². The van der Waals surface area contributed by atoms with Crippen LogP contribution in [0.4, 0.5) is 0 Å². The highest BCUT2D eigenvalue weighted by molar-refractivity contribution is 7.80. The topological polar surface area (TPSA) is 18.5 Å². The van der Waals surface area contributed by atoms with Crippen LogP contribution in [-0.2, 0) is 9.47 Å². The lowest BCUT2D eigenvalue weighted by Gasteiger charge is -2.38. The van der Waals surface area contributed by atoms with Crippen LogP contribution >= 0.6 is 12.6 Å². The third kappa shape index (κ3) is 2.36. The van der Waals surface area contributed by atoms with Gasteiger partial charge >= 0.3 is 0 Å². The van der Waals surface area contributed by atoms with Crippen molar-refractivity contribution >= 4 is 12.6 Å². The Hall–Kier alpha value is 0.270. The van der Waals surface area contributed by atoms with Gasteiger partial charge in [0.2, 0.25) is 0 Å². The molecule has 2 nitrogen and oxygen atoms in total. The molecule has 0 amide bonds. The zero-order chi connectivity index (χ0) is 8.48. The zero-order valence-corrected chi connectivity index (χ0v) is 8.23. The molecule has 1 saturated heterocycles. The minimum atomic E-state index is -0.0376. The van der Waals surface area contributed by atoms with Crippen molar-refractivity contribution in [3.8, 4) is 0 Å². The van der Waals surface area contributed by atoms with Crippen molar-refractivity contribution in [2.45, 2.75) is 43.8 Å². The van der Waals surface area contributed by atoms with Crippen molar-refractivity contribution in [1.82, 2.24) is 0 Å². The van der Waals surface area contributed by atoms with E-state index in [0.717, 1.165) is 12.8 Å². The number of methoxy groups -OCH3 is 1. The summed E-state index contributed by atoms with van der Waals surface area (Å²) in [6, 6.07) is 0. The highest BCUT2D eigenvalue weighted by Gasteiger charge is 2.34. The first kappa shape index (κ1) is 9.36. The van der Waals surface area contributed by atoms with E-state index in [2.05, 4.69) is 26.5 Å². The van der Waals surface area contributed by atoms with E-state index in [0.29, 0.717) is 0 Å². The van der Waals surface area contributed by atoms with Gasteiger partial charge in [-0.3, -0.25) is 0 Å². The Morgan fingerprint density at radius 3 is 2.64 bits per heavy atom. The lowest BCUT2D eigenvalue weighted by atomic mass is 9.93. The van der Waals surface area contributed by atoms with Crippen LogP contribution < -0.4 is 0 Å². The highest BCUT2D eigenvalue weighted by Crippen LogP contribution is 2.32. The molecular formula is C8H16O2S. The van der Waals surface area contributed by atoms with E-state index in [1.54, 1.807) is 7.11 Å². The summed E-state index contributed by atoms with van der Waals surface area (Å²) in [4.78, 5) is 0. The highest BCUT2D eigenvalue weighted by atomic mass is 32.1. The molecule has 0 bridgehead atoms. The molecule has 0 aromatic carbocycles. The minimum absolute atomic E-state index is 0.0312. The summed E-state index contributed by atoms with van der Waals surface area (Å²) < 4.78 is 10.9. The molecule has 1 unspecified atom stereocenters. The summed E-state index contributed by atoms with van der Waals surface area (Å²) in [5.74, 6) is 0. The Morgan fingerprint density at radius 2 is 2.18 bits per heavy atom. The molecule has 0 aromatic rings. The van der Waals surface area contributed by atoms with Gasteiger partial charge < -0.3 is 9.47 Å². The van der Waals surface area contributed by atoms with Gasteiger partial charge in [0.1, 0.15) is 5.44 Å². The van der Waals surface area contributed by atoms with E-state index in [9.17, 15) is 0 Å². The molecule has 0 aromatic heterocycles. The lowest BCUT2D eigenvalue weighted by Crippen LogP contribution is -2.41. The normalized spacial score (nSPS) is 45.8. The number of hydrogen-bond donors (Lipinski definition) is 1. The van der Waals surface area contributed by atoms with Gasteiger partial charge in [-0.1, -0.05) is 0 Å². The van der Waals surface area contributed by atoms with Crippen LogP contribution in [0, 0.1) is 0 Å². The van der Waals surface area contributed by atoms with Crippen molar-refractivity contribution in [2.75, 3.05) is 7.11 Å². The van der Waals surface area contributed by atoms with E-state index in [4.69, 9.17) is 9.47 Å². The van der Waals surface area contributed by atoms with E-state index >= 15 is 0 Å². The van der Waals surface area contributed by atoms with Gasteiger partial charge in [0.15, 0.2) is 0 Å². The molecule has 1 fully saturated rings. The summed E-state index contributed by atoms with van der Waals surface area (Å²) >= 11 is 4.29. The molecular weight excluding hydrogens is 160 g/mol. The molecule has 1 aliphatic heterocycles. The maximum atomic E-state index is 5.47. The van der Waals surface area contributed by atoms with Gasteiger partial charge in [0.05, 0.1) is 11.7 Å². The Bertz CT molecular complexity index is 128. The van der Waals surface area contributed by atoms with Gasteiger partial charge in [0, 0.05) is 20.0 Å². The van der Waals surface area contributed by atoms with Crippen LogP contribution in [0.1, 0.15) is 26.7 Å². The second kappa shape index (κ2) is 3.33. The molecule has 1 rings (SSSR count). The average molecular weight is 176 g/mol. The molecule has 1 heterocycles. The molecule has 66 valence electrons. The van der Waals surface area contributed by atoms with Crippen LogP contribution in [0.5, 0.6) is 0 Å². The van der Waals surface area contributed by atoms with Crippen LogP contribution in [0.3, 0.4) is 0 Å². The molecule has 3 heteroatoms. The molecule has 0 spiro atoms. The van der Waals surface area contributed by atoms with Crippen LogP contribution in [-0.4, -0.2) is 24.3 Å². The standard InChI is InChI=1S/C8H16O2S/c1-6-4-8(2,9-3)5-7(11)10-6/h6-7,11H,4-5H2,1-3H3/t6-,7?,8-/m0/s1. The number of rotatable bonds is 1. The molecule has 3 atom stereocenters. The maximum Gasteiger partial charge on any atom is 0.103 e. The lowest BCUT2D eigenvalue weighted by molar-refractivity contribution is -0.117. The van der Waals surface area contributed by atoms with Crippen LogP contribution in [0.15, 0.2) is 0 Å². The number of ether oxygens (including phenoxy) is 2. The van der Waals surface area contributed by atoms with E-state index in [1.165, 1.54) is 0 Å². The van der Waals surface area contributed by atoms with Crippen molar-refractivity contribution in [1.29, 1.82) is 0 Å². The second-order valence-electron chi connectivity index (χ2n) is 3.46. The zero-order valence-electron chi connectivity index (χ0n) is 7.33. The third-order valence-electron chi connectivity index (χ3n) is 2.21. The molecule has 0 saturated carbocycles. The quantitative estimate of drug-likeness (QED) is 0.615. The Labute approximate surface area is 73.7 Å². The minimum Gasteiger partial charge on any atom is -0.378 e. The smallest absolute Gasteiger partial charge is 0.103 e. The van der Waals surface area contributed by atoms with Crippen molar-refractivity contribution in [3.63, 3.8) is 0 Å². The van der Waals surface area contributed by atoms with Crippen LogP contribution in [0.2, 0.25) is 0 Å². The predicted octanol–water partition coefficient (Wildman–Crippen LogP) is 1.85. The van der Waals surface area contributed by atoms with Crippen molar-refractivity contribution < 1.29 is 9.47 Å². The molecule has 0 radical (unpaired) electrons. The second-order valence-corrected chi connectivity index (χ2v) is 4.04.